The van der Waals surface area contributed by atoms with Gasteiger partial charge in [0.25, 0.3) is 0 Å². The monoisotopic (exact) mass is 239 g/mol. The average Bonchev–Trinajstić information content (AvgIpc) is 2.76. The number of nitrogens with two attached hydrogens (primary N) is 1. The molecule has 0 spiro atoms. The van der Waals surface area contributed by atoms with Crippen molar-refractivity contribution in [1.29, 1.82) is 0 Å². The van der Waals surface area contributed by atoms with Crippen molar-refractivity contribution in [3.8, 4) is 0 Å². The van der Waals surface area contributed by atoms with Crippen LogP contribution in [0, 0.1) is 5.41 Å². The van der Waals surface area contributed by atoms with Crippen LogP contribution in [0.2, 0.25) is 0 Å². The van der Waals surface area contributed by atoms with Gasteiger partial charge in [-0.1, -0.05) is 0 Å². The summed E-state index contributed by atoms with van der Waals surface area (Å²) in [5.41, 5.74) is 5.03. The average molecular weight is 239 g/mol. The molecule has 0 aliphatic carbocycles. The minimum absolute atomic E-state index is 0.0889. The van der Waals surface area contributed by atoms with E-state index in [1.807, 2.05) is 6.92 Å². The van der Waals surface area contributed by atoms with Crippen LogP contribution in [0.4, 0.5) is 0 Å². The number of piperidine rings is 1. The fourth-order valence-electron chi connectivity index (χ4n) is 2.82. The van der Waals surface area contributed by atoms with Gasteiger partial charge in [0.15, 0.2) is 0 Å². The molecule has 2 rings (SSSR count). The highest BCUT2D eigenvalue weighted by atomic mass is 16.2. The first-order chi connectivity index (χ1) is 8.04. The lowest BCUT2D eigenvalue weighted by Crippen LogP contribution is -2.55. The number of carbonyl (C=O) groups excluding carboxylic acids is 2. The van der Waals surface area contributed by atoms with Gasteiger partial charge < -0.3 is 16.0 Å². The number of nitrogens with zero attached hydrogens (tertiary/aromatic N) is 1. The largest absolute Gasteiger partial charge is 0.368 e. The molecule has 2 atom stereocenters. The second-order valence-electron chi connectivity index (χ2n) is 5.40. The highest BCUT2D eigenvalue weighted by molar-refractivity contribution is 5.89. The molecule has 0 aromatic rings. The first kappa shape index (κ1) is 12.4. The molecule has 3 N–H and O–H groups in total. The van der Waals surface area contributed by atoms with Crippen molar-refractivity contribution in [1.82, 2.24) is 10.2 Å². The van der Waals surface area contributed by atoms with Crippen molar-refractivity contribution >= 4 is 11.8 Å². The van der Waals surface area contributed by atoms with Crippen LogP contribution in [0.5, 0.6) is 0 Å². The van der Waals surface area contributed by atoms with Crippen molar-refractivity contribution in [3.63, 3.8) is 0 Å². The predicted octanol–water partition coefficient (Wildman–Crippen LogP) is -0.148. The van der Waals surface area contributed by atoms with E-state index >= 15 is 0 Å². The predicted molar refractivity (Wildman–Crippen MR) is 64.1 cm³/mol. The summed E-state index contributed by atoms with van der Waals surface area (Å²) in [4.78, 5) is 25.6. The molecule has 0 aromatic heterocycles. The summed E-state index contributed by atoms with van der Waals surface area (Å²) in [5.74, 6) is -0.279. The summed E-state index contributed by atoms with van der Waals surface area (Å²) in [6.07, 6.45) is 3.50. The van der Waals surface area contributed by atoms with Crippen LogP contribution in [-0.2, 0) is 9.59 Å². The lowest BCUT2D eigenvalue weighted by atomic mass is 9.86. The lowest BCUT2D eigenvalue weighted by molar-refractivity contribution is -0.148. The molecule has 96 valence electrons. The van der Waals surface area contributed by atoms with E-state index in [1.54, 1.807) is 4.90 Å². The van der Waals surface area contributed by atoms with Gasteiger partial charge in [0.05, 0.1) is 5.41 Å². The molecule has 2 heterocycles. The van der Waals surface area contributed by atoms with Crippen LogP contribution in [0.3, 0.4) is 0 Å². The molecule has 2 aliphatic heterocycles. The Morgan fingerprint density at radius 2 is 2.18 bits per heavy atom. The zero-order valence-corrected chi connectivity index (χ0v) is 10.4. The van der Waals surface area contributed by atoms with E-state index < -0.39 is 6.04 Å². The number of likely N-dealkylation sites (tertiary alicyclic amines) is 1. The molecule has 0 saturated carbocycles. The zero-order valence-electron chi connectivity index (χ0n) is 10.4. The zero-order chi connectivity index (χ0) is 12.5. The van der Waals surface area contributed by atoms with Crippen molar-refractivity contribution in [2.75, 3.05) is 19.6 Å². The fourth-order valence-corrected chi connectivity index (χ4v) is 2.82. The molecular weight excluding hydrogens is 218 g/mol. The van der Waals surface area contributed by atoms with Crippen LogP contribution in [0.1, 0.15) is 32.6 Å². The first-order valence-electron chi connectivity index (χ1n) is 6.36. The number of hydrogen-bond donors (Lipinski definition) is 2. The minimum atomic E-state index is -0.395. The quantitative estimate of drug-likeness (QED) is 0.704. The Kier molecular flexibility index (Phi) is 3.38. The molecule has 17 heavy (non-hydrogen) atoms. The third-order valence-corrected chi connectivity index (χ3v) is 3.98. The van der Waals surface area contributed by atoms with Gasteiger partial charge in [0.2, 0.25) is 11.8 Å². The molecule has 0 aromatic carbocycles. The van der Waals surface area contributed by atoms with Crippen molar-refractivity contribution in [2.45, 2.75) is 38.6 Å². The molecule has 2 unspecified atom stereocenters. The van der Waals surface area contributed by atoms with Crippen LogP contribution < -0.4 is 11.1 Å². The van der Waals surface area contributed by atoms with Crippen molar-refractivity contribution in [2.24, 2.45) is 11.1 Å². The number of primary amides is 1. The first-order valence-corrected chi connectivity index (χ1v) is 6.36. The molecule has 2 saturated heterocycles. The molecule has 0 radical (unpaired) electrons. The smallest absolute Gasteiger partial charge is 0.240 e. The Morgan fingerprint density at radius 3 is 2.76 bits per heavy atom. The maximum Gasteiger partial charge on any atom is 0.240 e. The standard InChI is InChI=1S/C12H21N3O2/c1-12(5-6-14-8-12)11(17)15-7-3-2-4-9(15)10(13)16/h9,14H,2-8H2,1H3,(H2,13,16). The van der Waals surface area contributed by atoms with Gasteiger partial charge in [-0.15, -0.1) is 0 Å². The summed E-state index contributed by atoms with van der Waals surface area (Å²) in [5, 5.41) is 3.21. The number of hydrogen-bond acceptors (Lipinski definition) is 3. The molecule has 2 fully saturated rings. The van der Waals surface area contributed by atoms with E-state index in [0.717, 1.165) is 25.8 Å². The van der Waals surface area contributed by atoms with Gasteiger partial charge in [-0.2, -0.15) is 0 Å². The summed E-state index contributed by atoms with van der Waals surface area (Å²) >= 11 is 0. The minimum Gasteiger partial charge on any atom is -0.368 e. The normalized spacial score (nSPS) is 33.7. The third kappa shape index (κ3) is 2.29. The van der Waals surface area contributed by atoms with E-state index in [0.29, 0.717) is 19.5 Å². The van der Waals surface area contributed by atoms with Crippen molar-refractivity contribution < 1.29 is 9.59 Å². The van der Waals surface area contributed by atoms with Gasteiger partial charge >= 0.3 is 0 Å². The molecule has 5 heteroatoms. The Hall–Kier alpha value is -1.10. The van der Waals surface area contributed by atoms with Crippen LogP contribution in [0.25, 0.3) is 0 Å². The Balaban J connectivity index is 2.13. The third-order valence-electron chi connectivity index (χ3n) is 3.98. The van der Waals surface area contributed by atoms with Crippen LogP contribution in [-0.4, -0.2) is 42.4 Å². The Labute approximate surface area is 102 Å². The van der Waals surface area contributed by atoms with Gasteiger partial charge in [0, 0.05) is 13.1 Å². The van der Waals surface area contributed by atoms with Gasteiger partial charge in [0.1, 0.15) is 6.04 Å². The molecule has 0 bridgehead atoms. The van der Waals surface area contributed by atoms with Gasteiger partial charge in [-0.05, 0) is 39.2 Å². The fraction of sp³-hybridized carbons (Fsp3) is 0.833. The number of amides is 2. The van der Waals surface area contributed by atoms with E-state index in [-0.39, 0.29) is 17.2 Å². The number of nitrogens with one attached hydrogen (secondary N) is 1. The highest BCUT2D eigenvalue weighted by Gasteiger charge is 2.42. The maximum atomic E-state index is 12.5. The van der Waals surface area contributed by atoms with E-state index in [1.165, 1.54) is 0 Å². The second-order valence-corrected chi connectivity index (χ2v) is 5.40. The maximum absolute atomic E-state index is 12.5. The summed E-state index contributed by atoms with van der Waals surface area (Å²) < 4.78 is 0. The topological polar surface area (TPSA) is 75.4 Å². The highest BCUT2D eigenvalue weighted by Crippen LogP contribution is 2.30. The van der Waals surface area contributed by atoms with Crippen LogP contribution in [0.15, 0.2) is 0 Å². The lowest BCUT2D eigenvalue weighted by Gasteiger charge is -2.38. The molecule has 2 aliphatic rings. The number of rotatable bonds is 2. The van der Waals surface area contributed by atoms with E-state index in [2.05, 4.69) is 5.32 Å². The second kappa shape index (κ2) is 4.64. The van der Waals surface area contributed by atoms with E-state index in [9.17, 15) is 9.59 Å². The summed E-state index contributed by atoms with van der Waals surface area (Å²) in [7, 11) is 0. The van der Waals surface area contributed by atoms with Gasteiger partial charge in [-0.3, -0.25) is 9.59 Å². The van der Waals surface area contributed by atoms with Crippen molar-refractivity contribution in [3.05, 3.63) is 0 Å². The van der Waals surface area contributed by atoms with E-state index in [4.69, 9.17) is 5.73 Å². The Bertz CT molecular complexity index is 324. The molecule has 5 nitrogen and oxygen atoms in total. The molecule has 2 amide bonds. The SMILES string of the molecule is CC1(C(=O)N2CCCCC2C(N)=O)CCNC1. The summed E-state index contributed by atoms with van der Waals surface area (Å²) in [6, 6.07) is -0.395. The van der Waals surface area contributed by atoms with Crippen LogP contribution >= 0.6 is 0 Å². The number of carbonyl (C=O) groups is 2. The Morgan fingerprint density at radius 1 is 1.41 bits per heavy atom. The van der Waals surface area contributed by atoms with Gasteiger partial charge in [-0.25, -0.2) is 0 Å². The molecular formula is C12H21N3O2. The summed E-state index contributed by atoms with van der Waals surface area (Å²) in [6.45, 7) is 4.22.